The largest absolute Gasteiger partial charge is 0.394 e. The van der Waals surface area contributed by atoms with Crippen LogP contribution >= 0.6 is 0 Å². The van der Waals surface area contributed by atoms with E-state index in [-0.39, 0.29) is 12.6 Å². The summed E-state index contributed by atoms with van der Waals surface area (Å²) in [5, 5.41) is 8.90. The summed E-state index contributed by atoms with van der Waals surface area (Å²) in [5.41, 5.74) is 8.00. The highest BCUT2D eigenvalue weighted by molar-refractivity contribution is 5.25. The van der Waals surface area contributed by atoms with Crippen LogP contribution in [0.5, 0.6) is 0 Å². The predicted octanol–water partition coefficient (Wildman–Crippen LogP) is 0.783. The second-order valence-electron chi connectivity index (χ2n) is 4.08. The van der Waals surface area contributed by atoms with E-state index in [0.29, 0.717) is 0 Å². The first kappa shape index (κ1) is 12.2. The van der Waals surface area contributed by atoms with Crippen LogP contribution in [0, 0.1) is 0 Å². The summed E-state index contributed by atoms with van der Waals surface area (Å²) in [6.45, 7) is 1.04. The summed E-state index contributed by atoms with van der Waals surface area (Å²) in [6.07, 6.45) is 1.04. The van der Waals surface area contributed by atoms with Crippen molar-refractivity contribution >= 4 is 0 Å². The zero-order valence-corrected chi connectivity index (χ0v) is 9.48. The molecule has 0 aliphatic carbocycles. The molecule has 0 saturated carbocycles. The van der Waals surface area contributed by atoms with E-state index in [1.165, 1.54) is 5.56 Å². The Labute approximate surface area is 91.5 Å². The fraction of sp³-hybridized carbons (Fsp3) is 0.500. The Balaban J connectivity index is 2.56. The molecule has 0 aliphatic rings. The van der Waals surface area contributed by atoms with Crippen molar-refractivity contribution in [2.24, 2.45) is 5.73 Å². The maximum atomic E-state index is 8.90. The molecule has 0 saturated heterocycles. The van der Waals surface area contributed by atoms with Crippen molar-refractivity contribution in [2.45, 2.75) is 12.5 Å². The van der Waals surface area contributed by atoms with Crippen LogP contribution in [0.2, 0.25) is 0 Å². The van der Waals surface area contributed by atoms with Crippen LogP contribution in [-0.2, 0) is 6.42 Å². The van der Waals surface area contributed by atoms with Gasteiger partial charge < -0.3 is 15.7 Å². The van der Waals surface area contributed by atoms with E-state index < -0.39 is 0 Å². The zero-order valence-electron chi connectivity index (χ0n) is 9.48. The van der Waals surface area contributed by atoms with Crippen LogP contribution in [-0.4, -0.2) is 37.3 Å². The maximum absolute atomic E-state index is 8.90. The number of nitrogens with zero attached hydrogens (tertiary/aromatic N) is 1. The number of aliphatic hydroxyl groups excluding tert-OH is 1. The molecule has 0 radical (unpaired) electrons. The van der Waals surface area contributed by atoms with Gasteiger partial charge in [-0.25, -0.2) is 0 Å². The van der Waals surface area contributed by atoms with Gasteiger partial charge in [0.15, 0.2) is 0 Å². The molecule has 3 N–H and O–H groups in total. The van der Waals surface area contributed by atoms with Crippen LogP contribution in [0.3, 0.4) is 0 Å². The molecule has 3 heteroatoms. The monoisotopic (exact) mass is 208 g/mol. The van der Waals surface area contributed by atoms with Crippen LogP contribution < -0.4 is 5.73 Å². The highest BCUT2D eigenvalue weighted by Gasteiger charge is 2.03. The van der Waals surface area contributed by atoms with E-state index in [9.17, 15) is 0 Å². The lowest BCUT2D eigenvalue weighted by molar-refractivity contribution is 0.268. The first-order chi connectivity index (χ1) is 7.13. The number of benzene rings is 1. The predicted molar refractivity (Wildman–Crippen MR) is 62.7 cm³/mol. The molecule has 1 atom stereocenters. The van der Waals surface area contributed by atoms with Crippen LogP contribution in [0.1, 0.15) is 17.2 Å². The summed E-state index contributed by atoms with van der Waals surface area (Å²) >= 11 is 0. The fourth-order valence-electron chi connectivity index (χ4n) is 1.39. The SMILES string of the molecule is CN(C)CCc1ccc(C(N)CO)cc1. The topological polar surface area (TPSA) is 49.5 Å². The molecular formula is C12H20N2O. The van der Waals surface area contributed by atoms with Gasteiger partial charge in [-0.05, 0) is 31.6 Å². The molecule has 0 fully saturated rings. The minimum atomic E-state index is -0.257. The Morgan fingerprint density at radius 2 is 1.87 bits per heavy atom. The molecule has 3 nitrogen and oxygen atoms in total. The summed E-state index contributed by atoms with van der Waals surface area (Å²) in [6, 6.07) is 7.88. The van der Waals surface area contributed by atoms with Gasteiger partial charge in [-0.1, -0.05) is 24.3 Å². The third kappa shape index (κ3) is 4.00. The lowest BCUT2D eigenvalue weighted by Gasteiger charge is -2.11. The van der Waals surface area contributed by atoms with E-state index >= 15 is 0 Å². The molecule has 0 aromatic heterocycles. The molecule has 0 amide bonds. The lowest BCUT2D eigenvalue weighted by Crippen LogP contribution is -2.16. The van der Waals surface area contributed by atoms with Crippen molar-refractivity contribution in [3.63, 3.8) is 0 Å². The summed E-state index contributed by atoms with van der Waals surface area (Å²) in [7, 11) is 4.13. The summed E-state index contributed by atoms with van der Waals surface area (Å²) in [4.78, 5) is 2.16. The molecule has 1 aromatic rings. The van der Waals surface area contributed by atoms with E-state index in [4.69, 9.17) is 10.8 Å². The van der Waals surface area contributed by atoms with Crippen molar-refractivity contribution < 1.29 is 5.11 Å². The normalized spacial score (nSPS) is 13.1. The number of hydrogen-bond acceptors (Lipinski definition) is 3. The smallest absolute Gasteiger partial charge is 0.0624 e. The Morgan fingerprint density at radius 1 is 1.27 bits per heavy atom. The third-order valence-corrected chi connectivity index (χ3v) is 2.45. The third-order valence-electron chi connectivity index (χ3n) is 2.45. The second kappa shape index (κ2) is 5.85. The Bertz CT molecular complexity index is 282. The molecule has 1 aromatic carbocycles. The van der Waals surface area contributed by atoms with Gasteiger partial charge in [-0.15, -0.1) is 0 Å². The van der Waals surface area contributed by atoms with Crippen molar-refractivity contribution in [2.75, 3.05) is 27.2 Å². The van der Waals surface area contributed by atoms with E-state index in [1.807, 2.05) is 12.1 Å². The fourth-order valence-corrected chi connectivity index (χ4v) is 1.39. The average molecular weight is 208 g/mol. The van der Waals surface area contributed by atoms with Gasteiger partial charge in [0.05, 0.1) is 12.6 Å². The molecule has 0 heterocycles. The Morgan fingerprint density at radius 3 is 2.33 bits per heavy atom. The molecule has 0 spiro atoms. The molecule has 84 valence electrons. The number of hydrogen-bond donors (Lipinski definition) is 2. The van der Waals surface area contributed by atoms with Crippen LogP contribution in [0.25, 0.3) is 0 Å². The van der Waals surface area contributed by atoms with Gasteiger partial charge >= 0.3 is 0 Å². The van der Waals surface area contributed by atoms with Crippen LogP contribution in [0.4, 0.5) is 0 Å². The first-order valence-corrected chi connectivity index (χ1v) is 5.23. The zero-order chi connectivity index (χ0) is 11.3. The maximum Gasteiger partial charge on any atom is 0.0624 e. The number of nitrogens with two attached hydrogens (primary N) is 1. The minimum absolute atomic E-state index is 0.00293. The highest BCUT2D eigenvalue weighted by Crippen LogP contribution is 2.11. The standard InChI is InChI=1S/C12H20N2O/c1-14(2)8-7-10-3-5-11(6-4-10)12(13)9-15/h3-6,12,15H,7-9,13H2,1-2H3. The Hall–Kier alpha value is -0.900. The van der Waals surface area contributed by atoms with E-state index in [2.05, 4.69) is 31.1 Å². The molecule has 1 rings (SSSR count). The Kier molecular flexibility index (Phi) is 4.75. The van der Waals surface area contributed by atoms with Crippen molar-refractivity contribution in [3.8, 4) is 0 Å². The summed E-state index contributed by atoms with van der Waals surface area (Å²) in [5.74, 6) is 0. The number of aliphatic hydroxyl groups is 1. The average Bonchev–Trinajstić information content (AvgIpc) is 2.26. The highest BCUT2D eigenvalue weighted by atomic mass is 16.3. The van der Waals surface area contributed by atoms with E-state index in [1.54, 1.807) is 0 Å². The quantitative estimate of drug-likeness (QED) is 0.752. The van der Waals surface area contributed by atoms with Gasteiger partial charge in [0.2, 0.25) is 0 Å². The number of rotatable bonds is 5. The number of likely N-dealkylation sites (N-methyl/N-ethyl adjacent to an activating group) is 1. The molecule has 15 heavy (non-hydrogen) atoms. The van der Waals surface area contributed by atoms with Crippen molar-refractivity contribution in [1.29, 1.82) is 0 Å². The molecular weight excluding hydrogens is 188 g/mol. The van der Waals surface area contributed by atoms with E-state index in [0.717, 1.165) is 18.5 Å². The second-order valence-corrected chi connectivity index (χ2v) is 4.08. The van der Waals surface area contributed by atoms with Crippen molar-refractivity contribution in [1.82, 2.24) is 4.90 Å². The molecule has 1 unspecified atom stereocenters. The summed E-state index contributed by atoms with van der Waals surface area (Å²) < 4.78 is 0. The van der Waals surface area contributed by atoms with Gasteiger partial charge in [-0.2, -0.15) is 0 Å². The van der Waals surface area contributed by atoms with Gasteiger partial charge in [0, 0.05) is 6.54 Å². The van der Waals surface area contributed by atoms with Gasteiger partial charge in [-0.3, -0.25) is 0 Å². The van der Waals surface area contributed by atoms with Gasteiger partial charge in [0.1, 0.15) is 0 Å². The van der Waals surface area contributed by atoms with Gasteiger partial charge in [0.25, 0.3) is 0 Å². The first-order valence-electron chi connectivity index (χ1n) is 5.23. The van der Waals surface area contributed by atoms with Crippen molar-refractivity contribution in [3.05, 3.63) is 35.4 Å². The lowest BCUT2D eigenvalue weighted by atomic mass is 10.0. The molecule has 0 aliphatic heterocycles. The minimum Gasteiger partial charge on any atom is -0.394 e. The molecule has 0 bridgehead atoms. The van der Waals surface area contributed by atoms with Crippen LogP contribution in [0.15, 0.2) is 24.3 Å².